The molecule has 144 valence electrons. The maximum Gasteiger partial charge on any atom is 0.231 e. The van der Waals surface area contributed by atoms with Crippen molar-refractivity contribution in [3.05, 3.63) is 53.8 Å². The first-order chi connectivity index (χ1) is 12.7. The second-order valence-electron chi connectivity index (χ2n) is 6.31. The van der Waals surface area contributed by atoms with Gasteiger partial charge >= 0.3 is 0 Å². The van der Waals surface area contributed by atoms with Crippen molar-refractivity contribution in [2.75, 3.05) is 37.9 Å². The van der Waals surface area contributed by atoms with E-state index in [9.17, 15) is 4.39 Å². The van der Waals surface area contributed by atoms with Crippen molar-refractivity contribution in [1.82, 2.24) is 4.90 Å². The van der Waals surface area contributed by atoms with Gasteiger partial charge in [0.05, 0.1) is 6.54 Å². The normalized spacial score (nSPS) is 16.3. The van der Waals surface area contributed by atoms with Gasteiger partial charge in [-0.25, -0.2) is 9.38 Å². The molecule has 0 radical (unpaired) electrons. The van der Waals surface area contributed by atoms with Crippen molar-refractivity contribution >= 4 is 35.6 Å². The fourth-order valence-corrected chi connectivity index (χ4v) is 3.16. The number of hydrogen-bond acceptors (Lipinski definition) is 4. The maximum absolute atomic E-state index is 13.0. The number of guanidine groups is 1. The summed E-state index contributed by atoms with van der Waals surface area (Å²) in [7, 11) is 0. The number of rotatable bonds is 3. The molecule has 0 spiro atoms. The van der Waals surface area contributed by atoms with E-state index in [4.69, 9.17) is 15.2 Å². The largest absolute Gasteiger partial charge is 0.454 e. The minimum absolute atomic E-state index is 0. The molecular weight excluding hydrogens is 462 g/mol. The van der Waals surface area contributed by atoms with Crippen molar-refractivity contribution in [3.63, 3.8) is 0 Å². The summed E-state index contributed by atoms with van der Waals surface area (Å²) in [5.41, 5.74) is 8.22. The number of benzene rings is 2. The Hall–Kier alpha value is -2.23. The summed E-state index contributed by atoms with van der Waals surface area (Å²) in [6.45, 7) is 3.99. The van der Waals surface area contributed by atoms with Crippen molar-refractivity contribution in [2.24, 2.45) is 10.7 Å². The van der Waals surface area contributed by atoms with Crippen LogP contribution in [0.1, 0.15) is 5.56 Å². The van der Waals surface area contributed by atoms with Crippen molar-refractivity contribution < 1.29 is 13.9 Å². The lowest BCUT2D eigenvalue weighted by Crippen LogP contribution is -2.51. The van der Waals surface area contributed by atoms with E-state index in [1.807, 2.05) is 30.3 Å². The molecule has 0 aliphatic carbocycles. The van der Waals surface area contributed by atoms with Crippen LogP contribution in [0.2, 0.25) is 0 Å². The summed E-state index contributed by atoms with van der Waals surface area (Å²) in [6.07, 6.45) is 0. The molecule has 0 aromatic heterocycles. The quantitative estimate of drug-likeness (QED) is 0.413. The van der Waals surface area contributed by atoms with Gasteiger partial charge in [0.2, 0.25) is 6.79 Å². The van der Waals surface area contributed by atoms with Crippen LogP contribution in [0.5, 0.6) is 11.5 Å². The van der Waals surface area contributed by atoms with E-state index in [-0.39, 0.29) is 36.6 Å². The zero-order valence-electron chi connectivity index (χ0n) is 14.8. The molecule has 0 bridgehead atoms. The third-order valence-corrected chi connectivity index (χ3v) is 4.66. The number of piperazine rings is 1. The molecule has 8 heteroatoms. The lowest BCUT2D eigenvalue weighted by Gasteiger charge is -2.36. The molecule has 0 atom stereocenters. The molecule has 6 nitrogen and oxygen atoms in total. The van der Waals surface area contributed by atoms with Crippen LogP contribution in [0.25, 0.3) is 0 Å². The SMILES string of the molecule is I.NC(=NCc1ccc2c(c1)OCO2)N1CCN(c2ccc(F)cc2)CC1. The van der Waals surface area contributed by atoms with Crippen LogP contribution in [0.15, 0.2) is 47.5 Å². The number of fused-ring (bicyclic) bond motifs is 1. The van der Waals surface area contributed by atoms with E-state index in [1.54, 1.807) is 0 Å². The number of nitrogens with two attached hydrogens (primary N) is 1. The summed E-state index contributed by atoms with van der Waals surface area (Å²) >= 11 is 0. The Morgan fingerprint density at radius 2 is 1.70 bits per heavy atom. The second kappa shape index (κ2) is 8.64. The van der Waals surface area contributed by atoms with Gasteiger partial charge in [0.25, 0.3) is 0 Å². The Morgan fingerprint density at radius 1 is 1.00 bits per heavy atom. The highest BCUT2D eigenvalue weighted by molar-refractivity contribution is 14.0. The first kappa shape index (κ1) is 19.5. The molecule has 2 aliphatic heterocycles. The van der Waals surface area contributed by atoms with Gasteiger partial charge in [0, 0.05) is 31.9 Å². The highest BCUT2D eigenvalue weighted by Gasteiger charge is 2.19. The van der Waals surface area contributed by atoms with E-state index in [0.29, 0.717) is 12.5 Å². The summed E-state index contributed by atoms with van der Waals surface area (Å²) in [5.74, 6) is 1.85. The Labute approximate surface area is 174 Å². The van der Waals surface area contributed by atoms with E-state index < -0.39 is 0 Å². The Kier molecular flexibility index (Phi) is 6.25. The Bertz CT molecular complexity index is 808. The van der Waals surface area contributed by atoms with Crippen LogP contribution in [-0.4, -0.2) is 43.8 Å². The standard InChI is InChI=1S/C19H21FN4O2.HI/c20-15-2-4-16(5-3-15)23-7-9-24(10-8-23)19(21)22-12-14-1-6-17-18(11-14)26-13-25-17;/h1-6,11H,7-10,12-13H2,(H2,21,22);1H. The summed E-state index contributed by atoms with van der Waals surface area (Å²) in [6, 6.07) is 12.4. The maximum atomic E-state index is 13.0. The minimum Gasteiger partial charge on any atom is -0.454 e. The van der Waals surface area contributed by atoms with Crippen molar-refractivity contribution in [2.45, 2.75) is 6.54 Å². The highest BCUT2D eigenvalue weighted by atomic mass is 127. The summed E-state index contributed by atoms with van der Waals surface area (Å²) in [5, 5.41) is 0. The Morgan fingerprint density at radius 3 is 2.44 bits per heavy atom. The average molecular weight is 484 g/mol. The van der Waals surface area contributed by atoms with Gasteiger partial charge in [0.15, 0.2) is 17.5 Å². The van der Waals surface area contributed by atoms with Crippen LogP contribution >= 0.6 is 24.0 Å². The van der Waals surface area contributed by atoms with Gasteiger partial charge in [-0.1, -0.05) is 6.07 Å². The molecule has 27 heavy (non-hydrogen) atoms. The monoisotopic (exact) mass is 484 g/mol. The molecule has 0 saturated carbocycles. The number of hydrogen-bond donors (Lipinski definition) is 1. The number of halogens is 2. The minimum atomic E-state index is -0.215. The number of ether oxygens (including phenoxy) is 2. The Balaban J connectivity index is 0.00000210. The van der Waals surface area contributed by atoms with Gasteiger partial charge < -0.3 is 25.0 Å². The van der Waals surface area contributed by atoms with E-state index in [0.717, 1.165) is 48.9 Å². The first-order valence-corrected chi connectivity index (χ1v) is 8.63. The zero-order chi connectivity index (χ0) is 17.9. The lowest BCUT2D eigenvalue weighted by atomic mass is 10.2. The molecule has 2 aromatic rings. The molecule has 0 unspecified atom stereocenters. The number of nitrogens with zero attached hydrogens (tertiary/aromatic N) is 3. The molecule has 2 heterocycles. The number of aliphatic imine (C=N–C) groups is 1. The zero-order valence-corrected chi connectivity index (χ0v) is 17.1. The predicted octanol–water partition coefficient (Wildman–Crippen LogP) is 2.81. The van der Waals surface area contributed by atoms with Gasteiger partial charge in [-0.15, -0.1) is 24.0 Å². The summed E-state index contributed by atoms with van der Waals surface area (Å²) < 4.78 is 23.7. The topological polar surface area (TPSA) is 63.3 Å². The molecule has 1 saturated heterocycles. The van der Waals surface area contributed by atoms with Crippen LogP contribution in [0.4, 0.5) is 10.1 Å². The van der Waals surface area contributed by atoms with E-state index in [1.165, 1.54) is 12.1 Å². The molecule has 2 N–H and O–H groups in total. The molecule has 2 aliphatic rings. The third-order valence-electron chi connectivity index (χ3n) is 4.66. The van der Waals surface area contributed by atoms with Crippen LogP contribution < -0.4 is 20.1 Å². The fraction of sp³-hybridized carbons (Fsp3) is 0.316. The first-order valence-electron chi connectivity index (χ1n) is 8.63. The predicted molar refractivity (Wildman–Crippen MR) is 113 cm³/mol. The van der Waals surface area contributed by atoms with Gasteiger partial charge in [-0.3, -0.25) is 0 Å². The lowest BCUT2D eigenvalue weighted by molar-refractivity contribution is 0.174. The molecule has 0 amide bonds. The fourth-order valence-electron chi connectivity index (χ4n) is 3.16. The van der Waals surface area contributed by atoms with Crippen LogP contribution in [0, 0.1) is 5.82 Å². The van der Waals surface area contributed by atoms with E-state index in [2.05, 4.69) is 14.8 Å². The highest BCUT2D eigenvalue weighted by Crippen LogP contribution is 2.32. The van der Waals surface area contributed by atoms with Crippen LogP contribution in [0.3, 0.4) is 0 Å². The molecule has 4 rings (SSSR count). The average Bonchev–Trinajstić information content (AvgIpc) is 3.15. The van der Waals surface area contributed by atoms with Crippen molar-refractivity contribution in [1.29, 1.82) is 0 Å². The van der Waals surface area contributed by atoms with Gasteiger partial charge in [0.1, 0.15) is 5.82 Å². The molecule has 1 fully saturated rings. The molecular formula is C19H22FIN4O2. The van der Waals surface area contributed by atoms with E-state index >= 15 is 0 Å². The smallest absolute Gasteiger partial charge is 0.231 e. The number of anilines is 1. The van der Waals surface area contributed by atoms with Crippen LogP contribution in [-0.2, 0) is 6.54 Å². The van der Waals surface area contributed by atoms with Crippen molar-refractivity contribution in [3.8, 4) is 11.5 Å². The molecule has 2 aromatic carbocycles. The third kappa shape index (κ3) is 4.55. The second-order valence-corrected chi connectivity index (χ2v) is 6.31. The van der Waals surface area contributed by atoms with Gasteiger partial charge in [-0.2, -0.15) is 0 Å². The van der Waals surface area contributed by atoms with Gasteiger partial charge in [-0.05, 0) is 42.0 Å². The summed E-state index contributed by atoms with van der Waals surface area (Å²) in [4.78, 5) is 8.81.